The molecule has 0 saturated carbocycles. The maximum absolute atomic E-state index is 2.22. The van der Waals surface area contributed by atoms with Gasteiger partial charge in [-0.1, -0.05) is 0 Å². The van der Waals surface area contributed by atoms with Crippen LogP contribution >= 0.6 is 0 Å². The molecule has 0 nitrogen and oxygen atoms in total. The summed E-state index contributed by atoms with van der Waals surface area (Å²) in [6.07, 6.45) is 0. The Morgan fingerprint density at radius 2 is 0.810 bits per heavy atom. The summed E-state index contributed by atoms with van der Waals surface area (Å²) >= 11 is 0.400. The van der Waals surface area contributed by atoms with Crippen molar-refractivity contribution in [1.29, 1.82) is 0 Å². The van der Waals surface area contributed by atoms with Crippen LogP contribution in [0.2, 0.25) is 0 Å². The first-order valence-corrected chi connectivity index (χ1v) is 10.1. The Bertz CT molecular complexity index is 687. The molecule has 21 heavy (non-hydrogen) atoms. The van der Waals surface area contributed by atoms with Crippen LogP contribution in [0.4, 0.5) is 0 Å². The Morgan fingerprint density at radius 3 is 1.19 bits per heavy atom. The first-order chi connectivity index (χ1) is 10.4. The fraction of sp³-hybridized carbons (Fsp3) is 0. The maximum atomic E-state index is 2.22. The summed E-state index contributed by atoms with van der Waals surface area (Å²) in [5.74, 6) is 0. The molecule has 0 bridgehead atoms. The Balaban J connectivity index is 2.22. The van der Waals surface area contributed by atoms with Gasteiger partial charge in [0.1, 0.15) is 0 Å². The monoisotopic (exact) mass is 378 g/mol. The van der Waals surface area contributed by atoms with Gasteiger partial charge in [0.25, 0.3) is 0 Å². The first kappa shape index (κ1) is 14.1. The Labute approximate surface area is 139 Å². The van der Waals surface area contributed by atoms with E-state index in [0.29, 0.717) is 22.5 Å². The SMILES string of the molecule is [SnH3][C](=C(c1ccccc1)c1ccccc1)c1ccccc1. The van der Waals surface area contributed by atoms with Crippen molar-refractivity contribution in [3.63, 3.8) is 0 Å². The van der Waals surface area contributed by atoms with Crippen LogP contribution in [0.1, 0.15) is 16.7 Å². The molecule has 0 aromatic heterocycles. The van der Waals surface area contributed by atoms with Crippen LogP contribution in [0.5, 0.6) is 0 Å². The number of hydrogen-bond donors (Lipinski definition) is 0. The summed E-state index contributed by atoms with van der Waals surface area (Å²) in [6, 6.07) is 32.2. The standard InChI is InChI=1S/C20H15.Sn.3H/c1-4-10-17(11-5-1)16-20(18-12-6-2-7-13-18)19-14-8-3-9-15-19;;;;/h1-15H;;;;. The van der Waals surface area contributed by atoms with Crippen LogP contribution in [0.25, 0.3) is 9.16 Å². The summed E-state index contributed by atoms with van der Waals surface area (Å²) in [5, 5.41) is 0. The Morgan fingerprint density at radius 1 is 0.476 bits per heavy atom. The van der Waals surface area contributed by atoms with Crippen molar-refractivity contribution >= 4 is 31.7 Å². The normalized spacial score (nSPS) is 10.3. The molecule has 0 heterocycles. The summed E-state index contributed by atoms with van der Waals surface area (Å²) in [5.41, 5.74) is 5.36. The molecule has 1 heteroatoms. The number of benzene rings is 3. The second-order valence-electron chi connectivity index (χ2n) is 5.10. The van der Waals surface area contributed by atoms with Gasteiger partial charge in [-0.15, -0.1) is 0 Å². The van der Waals surface area contributed by atoms with E-state index in [-0.39, 0.29) is 0 Å². The topological polar surface area (TPSA) is 0 Å². The van der Waals surface area contributed by atoms with Crippen molar-refractivity contribution in [2.45, 2.75) is 0 Å². The van der Waals surface area contributed by atoms with Gasteiger partial charge in [0.15, 0.2) is 0 Å². The second kappa shape index (κ2) is 6.77. The van der Waals surface area contributed by atoms with Crippen molar-refractivity contribution in [3.8, 4) is 0 Å². The van der Waals surface area contributed by atoms with E-state index in [9.17, 15) is 0 Å². The fourth-order valence-electron chi connectivity index (χ4n) is 2.64. The van der Waals surface area contributed by atoms with E-state index in [1.54, 1.807) is 0 Å². The summed E-state index contributed by atoms with van der Waals surface area (Å²) in [4.78, 5) is 0. The molecule has 3 aromatic carbocycles. The average molecular weight is 377 g/mol. The number of hydrogen-bond acceptors (Lipinski definition) is 0. The molecule has 0 aliphatic carbocycles. The van der Waals surface area contributed by atoms with E-state index >= 15 is 0 Å². The van der Waals surface area contributed by atoms with Crippen molar-refractivity contribution in [1.82, 2.24) is 0 Å². The molecule has 0 unspecified atom stereocenters. The van der Waals surface area contributed by atoms with Gasteiger partial charge >= 0.3 is 139 Å². The van der Waals surface area contributed by atoms with Crippen molar-refractivity contribution in [2.24, 2.45) is 0 Å². The van der Waals surface area contributed by atoms with Gasteiger partial charge in [0.2, 0.25) is 0 Å². The van der Waals surface area contributed by atoms with Crippen LogP contribution in [0, 0.1) is 0 Å². The molecule has 0 fully saturated rings. The van der Waals surface area contributed by atoms with Crippen LogP contribution in [0.3, 0.4) is 0 Å². The summed E-state index contributed by atoms with van der Waals surface area (Å²) in [7, 11) is 0. The molecular weight excluding hydrogens is 359 g/mol. The van der Waals surface area contributed by atoms with Gasteiger partial charge in [-0.3, -0.25) is 0 Å². The van der Waals surface area contributed by atoms with Crippen molar-refractivity contribution < 1.29 is 0 Å². The molecule has 0 saturated heterocycles. The molecule has 0 aliphatic rings. The fourth-order valence-corrected chi connectivity index (χ4v) is 5.24. The van der Waals surface area contributed by atoms with Crippen LogP contribution < -0.4 is 0 Å². The van der Waals surface area contributed by atoms with Gasteiger partial charge in [0, 0.05) is 0 Å². The molecule has 0 spiro atoms. The van der Waals surface area contributed by atoms with Gasteiger partial charge in [0.05, 0.1) is 0 Å². The summed E-state index contributed by atoms with van der Waals surface area (Å²) in [6.45, 7) is 0. The summed E-state index contributed by atoms with van der Waals surface area (Å²) < 4.78 is 1.51. The molecule has 102 valence electrons. The predicted octanol–water partition coefficient (Wildman–Crippen LogP) is 3.97. The number of rotatable bonds is 3. The average Bonchev–Trinajstić information content (AvgIpc) is 2.58. The van der Waals surface area contributed by atoms with Crippen LogP contribution in [0.15, 0.2) is 91.0 Å². The van der Waals surface area contributed by atoms with E-state index in [1.807, 2.05) is 0 Å². The molecule has 0 radical (unpaired) electrons. The predicted molar refractivity (Wildman–Crippen MR) is 95.2 cm³/mol. The second-order valence-corrected chi connectivity index (χ2v) is 7.95. The van der Waals surface area contributed by atoms with E-state index in [1.165, 1.54) is 25.9 Å². The molecule has 3 aromatic rings. The van der Waals surface area contributed by atoms with E-state index < -0.39 is 0 Å². The van der Waals surface area contributed by atoms with E-state index in [2.05, 4.69) is 91.0 Å². The molecular formula is C20H18Sn. The first-order valence-electron chi connectivity index (χ1n) is 7.23. The quantitative estimate of drug-likeness (QED) is 0.479. The molecule has 0 aliphatic heterocycles. The minimum absolute atomic E-state index is 0.400. The van der Waals surface area contributed by atoms with Crippen molar-refractivity contribution in [3.05, 3.63) is 108 Å². The zero-order valence-corrected chi connectivity index (χ0v) is 17.9. The van der Waals surface area contributed by atoms with Gasteiger partial charge in [-0.05, 0) is 0 Å². The van der Waals surface area contributed by atoms with E-state index in [4.69, 9.17) is 0 Å². The van der Waals surface area contributed by atoms with Gasteiger partial charge in [-0.2, -0.15) is 0 Å². The van der Waals surface area contributed by atoms with Gasteiger partial charge < -0.3 is 0 Å². The molecule has 0 N–H and O–H groups in total. The molecule has 0 amide bonds. The zero-order chi connectivity index (χ0) is 14.5. The Hall–Kier alpha value is -1.80. The third kappa shape index (κ3) is 3.27. The third-order valence-corrected chi connectivity index (χ3v) is 6.78. The van der Waals surface area contributed by atoms with Crippen molar-refractivity contribution in [2.75, 3.05) is 0 Å². The molecule has 0 atom stereocenters. The van der Waals surface area contributed by atoms with Crippen LogP contribution in [-0.4, -0.2) is 22.5 Å². The van der Waals surface area contributed by atoms with E-state index in [0.717, 1.165) is 0 Å². The zero-order valence-electron chi connectivity index (χ0n) is 12.2. The van der Waals surface area contributed by atoms with Gasteiger partial charge in [-0.25, -0.2) is 0 Å². The third-order valence-electron chi connectivity index (χ3n) is 3.71. The minimum atomic E-state index is 0.400. The molecule has 3 rings (SSSR count). The van der Waals surface area contributed by atoms with Crippen LogP contribution in [-0.2, 0) is 0 Å². The Kier molecular flexibility index (Phi) is 4.56.